The Morgan fingerprint density at radius 1 is 0.978 bits per heavy atom. The molecule has 3 aromatic carbocycles. The summed E-state index contributed by atoms with van der Waals surface area (Å²) in [4.78, 5) is 38.1. The molecular weight excluding hydrogens is 601 g/mol. The largest absolute Gasteiger partial charge is 0.528 e. The lowest BCUT2D eigenvalue weighted by atomic mass is 10.1. The molecule has 45 heavy (non-hydrogen) atoms. The van der Waals surface area contributed by atoms with Gasteiger partial charge in [-0.15, -0.1) is 5.10 Å². The molecule has 1 atom stereocenters. The summed E-state index contributed by atoms with van der Waals surface area (Å²) in [7, 11) is 1.52. The molecule has 0 fully saturated rings. The number of carbonyl (C=O) groups is 2. The maximum absolute atomic E-state index is 13.6. The van der Waals surface area contributed by atoms with Gasteiger partial charge < -0.3 is 29.0 Å². The maximum Gasteiger partial charge on any atom is 0.528 e. The number of aromatic nitrogens is 3. The maximum atomic E-state index is 13.6. The van der Waals surface area contributed by atoms with Crippen molar-refractivity contribution in [2.24, 2.45) is 0 Å². The summed E-state index contributed by atoms with van der Waals surface area (Å²) in [6, 6.07) is 14.1. The lowest BCUT2D eigenvalue weighted by molar-refractivity contribution is -0.219. The third kappa shape index (κ3) is 9.22. The van der Waals surface area contributed by atoms with E-state index in [2.05, 4.69) is 10.3 Å². The molecule has 0 amide bonds. The van der Waals surface area contributed by atoms with Crippen LogP contribution in [0.25, 0.3) is 11.0 Å². The van der Waals surface area contributed by atoms with Gasteiger partial charge in [-0.2, -0.15) is 13.2 Å². The van der Waals surface area contributed by atoms with Crippen molar-refractivity contribution in [1.29, 1.82) is 0 Å². The fourth-order valence-electron chi connectivity index (χ4n) is 3.96. The number of hydrogen-bond donors (Lipinski definition) is 1. The molecule has 12 nitrogen and oxygen atoms in total. The van der Waals surface area contributed by atoms with Gasteiger partial charge >= 0.3 is 18.3 Å². The molecular formula is C30H31F3N4O8. The molecule has 4 rings (SSSR count). The van der Waals surface area contributed by atoms with Crippen LogP contribution in [0.3, 0.4) is 0 Å². The van der Waals surface area contributed by atoms with Crippen LogP contribution in [0.2, 0.25) is 0 Å². The van der Waals surface area contributed by atoms with Crippen LogP contribution in [-0.2, 0) is 38.3 Å². The number of ether oxygens (including phenoxy) is 3. The van der Waals surface area contributed by atoms with E-state index < -0.39 is 42.2 Å². The first-order chi connectivity index (χ1) is 21.2. The van der Waals surface area contributed by atoms with Crippen LogP contribution in [0.5, 0.6) is 11.5 Å². The molecule has 0 unspecified atom stereocenters. The summed E-state index contributed by atoms with van der Waals surface area (Å²) < 4.78 is 56.1. The molecule has 0 radical (unpaired) electrons. The van der Waals surface area contributed by atoms with E-state index in [4.69, 9.17) is 23.9 Å². The molecule has 0 saturated heterocycles. The van der Waals surface area contributed by atoms with E-state index in [9.17, 15) is 27.9 Å². The van der Waals surface area contributed by atoms with E-state index in [0.29, 0.717) is 16.9 Å². The molecule has 1 aromatic heterocycles. The Hall–Kier alpha value is -5.05. The first kappa shape index (κ1) is 32.9. The van der Waals surface area contributed by atoms with Crippen molar-refractivity contribution in [3.63, 3.8) is 0 Å². The fourth-order valence-corrected chi connectivity index (χ4v) is 3.96. The molecule has 240 valence electrons. The molecule has 0 bridgehead atoms. The number of fused-ring (bicyclic) bond motifs is 1. The van der Waals surface area contributed by atoms with Crippen LogP contribution in [-0.4, -0.2) is 62.9 Å². The summed E-state index contributed by atoms with van der Waals surface area (Å²) in [5, 5.41) is 18.1. The van der Waals surface area contributed by atoms with E-state index in [0.717, 1.165) is 28.1 Å². The van der Waals surface area contributed by atoms with E-state index in [1.54, 1.807) is 57.2 Å². The van der Waals surface area contributed by atoms with Gasteiger partial charge in [0.2, 0.25) is 6.73 Å². The Balaban J connectivity index is 1.64. The van der Waals surface area contributed by atoms with Crippen LogP contribution >= 0.6 is 0 Å². The second kappa shape index (κ2) is 13.7. The molecule has 1 N–H and O–H groups in total. The zero-order chi connectivity index (χ0) is 32.8. The summed E-state index contributed by atoms with van der Waals surface area (Å²) >= 11 is 0. The number of aromatic hydroxyl groups is 1. The van der Waals surface area contributed by atoms with Crippen LogP contribution in [0.4, 0.5) is 18.0 Å². The summed E-state index contributed by atoms with van der Waals surface area (Å²) in [5.41, 5.74) is -0.783. The normalized spacial score (nSPS) is 12.5. The quantitative estimate of drug-likeness (QED) is 0.135. The summed E-state index contributed by atoms with van der Waals surface area (Å²) in [6.45, 7) is 3.95. The van der Waals surface area contributed by atoms with E-state index in [-0.39, 0.29) is 29.8 Å². The van der Waals surface area contributed by atoms with Gasteiger partial charge in [-0.3, -0.25) is 4.79 Å². The number of hydrogen-bond acceptors (Lipinski definition) is 11. The number of carbonyl (C=O) groups excluding carboxylic acids is 2. The predicted molar refractivity (Wildman–Crippen MR) is 152 cm³/mol. The average molecular weight is 633 g/mol. The lowest BCUT2D eigenvalue weighted by Crippen LogP contribution is -2.48. The number of halogens is 3. The molecule has 0 saturated carbocycles. The fraction of sp³-hybridized carbons (Fsp3) is 0.333. The number of phenolic OH excluding ortho intramolecular Hbond substituents is 1. The number of alkyl halides is 3. The number of nitrogens with zero attached hydrogens (tertiary/aromatic N) is 4. The number of rotatable bonds is 11. The minimum absolute atomic E-state index is 0.0149. The van der Waals surface area contributed by atoms with Gasteiger partial charge in [0.05, 0.1) is 12.7 Å². The average Bonchev–Trinajstić information content (AvgIpc) is 3.39. The summed E-state index contributed by atoms with van der Waals surface area (Å²) in [5.74, 6) is -0.250. The number of esters is 1. The Kier molecular flexibility index (Phi) is 10.0. The van der Waals surface area contributed by atoms with Crippen molar-refractivity contribution in [2.75, 3.05) is 13.8 Å². The minimum atomic E-state index is -4.64. The molecule has 0 aliphatic rings. The second-order valence-electron chi connectivity index (χ2n) is 10.7. The van der Waals surface area contributed by atoms with Crippen LogP contribution < -0.4 is 9.57 Å². The molecule has 4 aromatic rings. The van der Waals surface area contributed by atoms with Gasteiger partial charge in [-0.05, 0) is 79.6 Å². The van der Waals surface area contributed by atoms with Crippen LogP contribution in [0.15, 0.2) is 66.7 Å². The Morgan fingerprint density at radius 2 is 1.64 bits per heavy atom. The highest BCUT2D eigenvalue weighted by atomic mass is 19.4. The van der Waals surface area contributed by atoms with Gasteiger partial charge in [0.15, 0.2) is 6.04 Å². The van der Waals surface area contributed by atoms with Gasteiger partial charge in [-0.1, -0.05) is 34.2 Å². The van der Waals surface area contributed by atoms with E-state index in [1.165, 1.54) is 19.2 Å². The zero-order valence-electron chi connectivity index (χ0n) is 24.8. The highest BCUT2D eigenvalue weighted by Crippen LogP contribution is 2.31. The Labute approximate surface area is 255 Å². The lowest BCUT2D eigenvalue weighted by Gasteiger charge is -2.29. The first-order valence-electron chi connectivity index (χ1n) is 13.5. The van der Waals surface area contributed by atoms with E-state index in [1.807, 2.05) is 0 Å². The monoisotopic (exact) mass is 632 g/mol. The SMILES string of the molecule is COc1ccc(COC(=O)[C@@H](Cc2ccc(O)cc2)N(COn2nnc3ccc(C(F)(F)F)cc32)OC(=O)OC(C)(C)C)cc1. The van der Waals surface area contributed by atoms with Crippen molar-refractivity contribution < 1.29 is 51.8 Å². The van der Waals surface area contributed by atoms with Gasteiger partial charge in [0.1, 0.15) is 34.7 Å². The first-order valence-corrected chi connectivity index (χ1v) is 13.5. The zero-order valence-corrected chi connectivity index (χ0v) is 24.8. The van der Waals surface area contributed by atoms with Gasteiger partial charge in [-0.25, -0.2) is 4.79 Å². The Morgan fingerprint density at radius 3 is 2.27 bits per heavy atom. The Bertz CT molecular complexity index is 1600. The topological polar surface area (TPSA) is 134 Å². The van der Waals surface area contributed by atoms with Crippen molar-refractivity contribution in [3.8, 4) is 11.5 Å². The standard InChI is InChI=1S/C30H31F3N4O8/c1-29(2,3)44-28(40)45-36(18-43-37-25-16-21(30(31,32)33)9-14-24(25)34-35-37)26(15-19-5-10-22(38)11-6-19)27(39)42-17-20-7-12-23(41-4)13-8-20/h5-14,16,26,38H,15,17-18H2,1-4H3/t26-/m1/s1. The van der Waals surface area contributed by atoms with Crippen molar-refractivity contribution in [2.45, 2.75) is 51.6 Å². The number of benzene rings is 3. The second-order valence-corrected chi connectivity index (χ2v) is 10.7. The van der Waals surface area contributed by atoms with Crippen molar-refractivity contribution in [3.05, 3.63) is 83.4 Å². The third-order valence-corrected chi connectivity index (χ3v) is 6.16. The van der Waals surface area contributed by atoms with Crippen molar-refractivity contribution in [1.82, 2.24) is 20.2 Å². The highest BCUT2D eigenvalue weighted by molar-refractivity contribution is 5.76. The van der Waals surface area contributed by atoms with E-state index >= 15 is 0 Å². The third-order valence-electron chi connectivity index (χ3n) is 6.16. The molecule has 0 aliphatic heterocycles. The molecule has 1 heterocycles. The summed E-state index contributed by atoms with van der Waals surface area (Å²) in [6.07, 6.45) is -5.94. The van der Waals surface area contributed by atoms with Gasteiger partial charge in [0.25, 0.3) is 0 Å². The predicted octanol–water partition coefficient (Wildman–Crippen LogP) is 5.07. The van der Waals surface area contributed by atoms with Crippen LogP contribution in [0.1, 0.15) is 37.5 Å². The van der Waals surface area contributed by atoms with Gasteiger partial charge in [0, 0.05) is 6.42 Å². The highest BCUT2D eigenvalue weighted by Gasteiger charge is 2.35. The molecule has 0 aliphatic carbocycles. The molecule has 0 spiro atoms. The number of methoxy groups -OCH3 is 1. The number of phenols is 1. The van der Waals surface area contributed by atoms with Crippen LogP contribution in [0, 0.1) is 0 Å². The smallest absolute Gasteiger partial charge is 0.508 e. The molecule has 15 heteroatoms. The minimum Gasteiger partial charge on any atom is -0.508 e. The number of hydroxylamine groups is 2. The van der Waals surface area contributed by atoms with Crippen molar-refractivity contribution >= 4 is 23.2 Å².